The number of hydrogen-bond donors (Lipinski definition) is 3. The van der Waals surface area contributed by atoms with Gasteiger partial charge in [-0.05, 0) is 41.4 Å². The fraction of sp³-hybridized carbons (Fsp3) is 0.500. The lowest BCUT2D eigenvalue weighted by atomic mass is 10.2. The van der Waals surface area contributed by atoms with Gasteiger partial charge in [0.1, 0.15) is 5.82 Å². The Morgan fingerprint density at radius 2 is 2.33 bits per heavy atom. The van der Waals surface area contributed by atoms with E-state index in [-0.39, 0.29) is 6.04 Å². The van der Waals surface area contributed by atoms with E-state index >= 15 is 0 Å². The van der Waals surface area contributed by atoms with Crippen LogP contribution in [-0.2, 0) is 0 Å². The van der Waals surface area contributed by atoms with Crippen molar-refractivity contribution in [2.75, 3.05) is 11.9 Å². The van der Waals surface area contributed by atoms with Crippen LogP contribution in [0.2, 0.25) is 0 Å². The molecule has 0 fully saturated rings. The topological polar surface area (TPSA) is 71.2 Å². The summed E-state index contributed by atoms with van der Waals surface area (Å²) in [6.07, 6.45) is 1.25. The van der Waals surface area contributed by atoms with Gasteiger partial charge in [-0.1, -0.05) is 0 Å². The highest BCUT2D eigenvalue weighted by Gasteiger charge is 2.09. The van der Waals surface area contributed by atoms with Gasteiger partial charge in [0.15, 0.2) is 0 Å². The number of nitrogens with zero attached hydrogens (tertiary/aromatic N) is 1. The molecule has 1 aromatic rings. The number of anilines is 1. The summed E-state index contributed by atoms with van der Waals surface area (Å²) in [7, 11) is 0. The summed E-state index contributed by atoms with van der Waals surface area (Å²) >= 11 is 3.41. The summed E-state index contributed by atoms with van der Waals surface area (Å²) in [6.45, 7) is 4.14. The van der Waals surface area contributed by atoms with E-state index in [9.17, 15) is 5.11 Å². The van der Waals surface area contributed by atoms with Crippen LogP contribution in [0.1, 0.15) is 12.5 Å². The Kier molecular flexibility index (Phi) is 4.50. The molecule has 0 aliphatic carbocycles. The van der Waals surface area contributed by atoms with Gasteiger partial charge in [-0.2, -0.15) is 0 Å². The maximum Gasteiger partial charge on any atom is 0.140 e. The van der Waals surface area contributed by atoms with Crippen molar-refractivity contribution in [3.63, 3.8) is 0 Å². The van der Waals surface area contributed by atoms with Crippen molar-refractivity contribution >= 4 is 21.7 Å². The minimum atomic E-state index is -0.526. The molecule has 0 spiro atoms. The molecule has 1 heterocycles. The van der Waals surface area contributed by atoms with E-state index in [4.69, 9.17) is 5.73 Å². The van der Waals surface area contributed by atoms with E-state index in [0.29, 0.717) is 6.54 Å². The van der Waals surface area contributed by atoms with E-state index in [2.05, 4.69) is 26.2 Å². The molecule has 2 unspecified atom stereocenters. The van der Waals surface area contributed by atoms with Gasteiger partial charge in [0.2, 0.25) is 0 Å². The number of aryl methyl sites for hydroxylation is 1. The number of nitrogens with two attached hydrogens (primary N) is 1. The van der Waals surface area contributed by atoms with Gasteiger partial charge in [0.05, 0.1) is 10.6 Å². The molecule has 4 nitrogen and oxygen atoms in total. The standard InChI is InChI=1S/C10H16BrN3O/c1-6-3-8(11)10(13-4-6)14-5-9(12)7(2)15/h3-4,7,9,15H,5,12H2,1-2H3,(H,13,14). The van der Waals surface area contributed by atoms with Gasteiger partial charge in [0.25, 0.3) is 0 Å². The summed E-state index contributed by atoms with van der Waals surface area (Å²) in [6, 6.07) is 1.68. The Balaban J connectivity index is 2.58. The van der Waals surface area contributed by atoms with E-state index in [1.807, 2.05) is 13.0 Å². The van der Waals surface area contributed by atoms with Crippen molar-refractivity contribution < 1.29 is 5.11 Å². The smallest absolute Gasteiger partial charge is 0.140 e. The Morgan fingerprint density at radius 1 is 1.67 bits per heavy atom. The summed E-state index contributed by atoms with van der Waals surface area (Å²) in [5.41, 5.74) is 6.78. The molecule has 0 amide bonds. The zero-order valence-electron chi connectivity index (χ0n) is 8.87. The summed E-state index contributed by atoms with van der Waals surface area (Å²) < 4.78 is 0.903. The molecule has 0 aliphatic rings. The molecule has 1 rings (SSSR count). The van der Waals surface area contributed by atoms with Crippen LogP contribution in [0, 0.1) is 6.92 Å². The Bertz CT molecular complexity index is 330. The second-order valence-electron chi connectivity index (χ2n) is 3.63. The third-order valence-electron chi connectivity index (χ3n) is 2.10. The third-order valence-corrected chi connectivity index (χ3v) is 2.71. The quantitative estimate of drug-likeness (QED) is 0.773. The average molecular weight is 274 g/mol. The largest absolute Gasteiger partial charge is 0.392 e. The minimum absolute atomic E-state index is 0.292. The first-order valence-electron chi connectivity index (χ1n) is 4.80. The van der Waals surface area contributed by atoms with Gasteiger partial charge >= 0.3 is 0 Å². The van der Waals surface area contributed by atoms with Crippen LogP contribution in [0.4, 0.5) is 5.82 Å². The molecule has 0 saturated carbocycles. The third kappa shape index (κ3) is 3.77. The molecule has 84 valence electrons. The van der Waals surface area contributed by atoms with Gasteiger partial charge in [-0.3, -0.25) is 0 Å². The van der Waals surface area contributed by atoms with Gasteiger partial charge in [-0.15, -0.1) is 0 Å². The second-order valence-corrected chi connectivity index (χ2v) is 4.48. The normalized spacial score (nSPS) is 14.7. The molecule has 0 bridgehead atoms. The molecule has 0 aliphatic heterocycles. The number of halogens is 1. The Hall–Kier alpha value is -0.650. The van der Waals surface area contributed by atoms with Crippen molar-refractivity contribution in [1.82, 2.24) is 4.98 Å². The maximum absolute atomic E-state index is 9.22. The zero-order valence-corrected chi connectivity index (χ0v) is 10.5. The van der Waals surface area contributed by atoms with Crippen LogP contribution in [0.15, 0.2) is 16.7 Å². The first kappa shape index (κ1) is 12.4. The molecular weight excluding hydrogens is 258 g/mol. The predicted molar refractivity (Wildman–Crippen MR) is 64.8 cm³/mol. The minimum Gasteiger partial charge on any atom is -0.392 e. The molecule has 5 heteroatoms. The van der Waals surface area contributed by atoms with Crippen LogP contribution in [0.5, 0.6) is 0 Å². The number of pyridine rings is 1. The van der Waals surface area contributed by atoms with Gasteiger partial charge in [-0.25, -0.2) is 4.98 Å². The monoisotopic (exact) mass is 273 g/mol. The molecule has 0 saturated heterocycles. The summed E-state index contributed by atoms with van der Waals surface area (Å²) in [4.78, 5) is 4.21. The second kappa shape index (κ2) is 5.44. The first-order valence-corrected chi connectivity index (χ1v) is 5.59. The van der Waals surface area contributed by atoms with Crippen molar-refractivity contribution in [2.45, 2.75) is 26.0 Å². The highest BCUT2D eigenvalue weighted by atomic mass is 79.9. The van der Waals surface area contributed by atoms with E-state index < -0.39 is 6.10 Å². The fourth-order valence-electron chi connectivity index (χ4n) is 1.05. The number of hydrogen-bond acceptors (Lipinski definition) is 4. The molecule has 15 heavy (non-hydrogen) atoms. The molecule has 0 aromatic carbocycles. The highest BCUT2D eigenvalue weighted by molar-refractivity contribution is 9.10. The van der Waals surface area contributed by atoms with Crippen LogP contribution >= 0.6 is 15.9 Å². The number of aliphatic hydroxyl groups excluding tert-OH is 1. The Morgan fingerprint density at radius 3 is 2.87 bits per heavy atom. The Labute approximate surface area is 98.0 Å². The maximum atomic E-state index is 9.22. The van der Waals surface area contributed by atoms with Crippen LogP contribution in [0.3, 0.4) is 0 Å². The predicted octanol–water partition coefficient (Wildman–Crippen LogP) is 1.27. The number of aliphatic hydroxyl groups is 1. The van der Waals surface area contributed by atoms with Crippen molar-refractivity contribution in [3.8, 4) is 0 Å². The average Bonchev–Trinajstić information content (AvgIpc) is 2.15. The molecule has 0 radical (unpaired) electrons. The van der Waals surface area contributed by atoms with Crippen LogP contribution < -0.4 is 11.1 Å². The first-order chi connectivity index (χ1) is 7.00. The van der Waals surface area contributed by atoms with Crippen molar-refractivity contribution in [1.29, 1.82) is 0 Å². The fourth-order valence-corrected chi connectivity index (χ4v) is 1.65. The number of nitrogens with one attached hydrogen (secondary N) is 1. The van der Waals surface area contributed by atoms with E-state index in [0.717, 1.165) is 15.9 Å². The number of aromatic nitrogens is 1. The SMILES string of the molecule is Cc1cnc(NCC(N)C(C)O)c(Br)c1. The summed E-state index contributed by atoms with van der Waals surface area (Å²) in [5.74, 6) is 0.747. The summed E-state index contributed by atoms with van der Waals surface area (Å²) in [5, 5.41) is 12.3. The molecule has 1 aromatic heterocycles. The lowest BCUT2D eigenvalue weighted by Crippen LogP contribution is -2.38. The van der Waals surface area contributed by atoms with Gasteiger partial charge < -0.3 is 16.2 Å². The zero-order chi connectivity index (χ0) is 11.4. The molecule has 4 N–H and O–H groups in total. The lowest BCUT2D eigenvalue weighted by Gasteiger charge is -2.16. The van der Waals surface area contributed by atoms with Crippen molar-refractivity contribution in [2.24, 2.45) is 5.73 Å². The van der Waals surface area contributed by atoms with Gasteiger partial charge in [0, 0.05) is 18.8 Å². The van der Waals surface area contributed by atoms with E-state index in [1.54, 1.807) is 13.1 Å². The lowest BCUT2D eigenvalue weighted by molar-refractivity contribution is 0.168. The number of rotatable bonds is 4. The molecular formula is C10H16BrN3O. The van der Waals surface area contributed by atoms with Crippen LogP contribution in [-0.4, -0.2) is 28.8 Å². The van der Waals surface area contributed by atoms with Crippen LogP contribution in [0.25, 0.3) is 0 Å². The molecule has 2 atom stereocenters. The van der Waals surface area contributed by atoms with Crippen molar-refractivity contribution in [3.05, 3.63) is 22.3 Å². The highest BCUT2D eigenvalue weighted by Crippen LogP contribution is 2.20. The van der Waals surface area contributed by atoms with E-state index in [1.165, 1.54) is 0 Å².